The van der Waals surface area contributed by atoms with E-state index >= 15 is 0 Å². The van der Waals surface area contributed by atoms with Crippen molar-refractivity contribution in [3.63, 3.8) is 0 Å². The van der Waals surface area contributed by atoms with Gasteiger partial charge in [0.15, 0.2) is 5.78 Å². The maximum Gasteiger partial charge on any atom is 0.163 e. The fourth-order valence-electron chi connectivity index (χ4n) is 1.97. The standard InChI is InChI=1S/C17H17FO2/c1-4-13-6-5-7-14(9-13)20-17-8-11(2)16(18)10-15(17)12(3)19/h5-10H,4H2,1-3H3. The normalized spacial score (nSPS) is 10.4. The van der Waals surface area contributed by atoms with Crippen molar-refractivity contribution in [3.8, 4) is 11.5 Å². The number of carbonyl (C=O) groups excluding carboxylic acids is 1. The Labute approximate surface area is 118 Å². The van der Waals surface area contributed by atoms with E-state index in [1.807, 2.05) is 24.3 Å². The third kappa shape index (κ3) is 3.05. The summed E-state index contributed by atoms with van der Waals surface area (Å²) in [5, 5.41) is 0. The lowest BCUT2D eigenvalue weighted by Crippen LogP contribution is -2.00. The number of hydrogen-bond acceptors (Lipinski definition) is 2. The van der Waals surface area contributed by atoms with Crippen LogP contribution in [0.4, 0.5) is 4.39 Å². The van der Waals surface area contributed by atoms with Gasteiger partial charge in [-0.25, -0.2) is 4.39 Å². The van der Waals surface area contributed by atoms with Gasteiger partial charge in [0.2, 0.25) is 0 Å². The molecule has 2 nitrogen and oxygen atoms in total. The second kappa shape index (κ2) is 5.87. The zero-order valence-electron chi connectivity index (χ0n) is 11.9. The molecule has 0 heterocycles. The minimum atomic E-state index is -0.398. The largest absolute Gasteiger partial charge is 0.457 e. The summed E-state index contributed by atoms with van der Waals surface area (Å²) >= 11 is 0. The first-order valence-corrected chi connectivity index (χ1v) is 6.59. The summed E-state index contributed by atoms with van der Waals surface area (Å²) in [5.74, 6) is 0.429. The van der Waals surface area contributed by atoms with Crippen LogP contribution in [0, 0.1) is 12.7 Å². The van der Waals surface area contributed by atoms with E-state index in [0.717, 1.165) is 12.0 Å². The molecule has 0 amide bonds. The molecule has 2 aromatic carbocycles. The van der Waals surface area contributed by atoms with E-state index in [-0.39, 0.29) is 11.3 Å². The molecule has 3 heteroatoms. The van der Waals surface area contributed by atoms with Crippen molar-refractivity contribution in [3.05, 3.63) is 58.9 Å². The van der Waals surface area contributed by atoms with Gasteiger partial charge in [0.1, 0.15) is 17.3 Å². The molecule has 0 radical (unpaired) electrons. The number of benzene rings is 2. The van der Waals surface area contributed by atoms with Crippen LogP contribution in [-0.2, 0) is 6.42 Å². The fraction of sp³-hybridized carbons (Fsp3) is 0.235. The van der Waals surface area contributed by atoms with Gasteiger partial charge < -0.3 is 4.74 Å². The number of Topliss-reactive ketones (excluding diaryl/α,β-unsaturated/α-hetero) is 1. The van der Waals surface area contributed by atoms with Crippen LogP contribution in [0.3, 0.4) is 0 Å². The maximum absolute atomic E-state index is 13.6. The first-order chi connectivity index (χ1) is 9.51. The van der Waals surface area contributed by atoms with Crippen LogP contribution >= 0.6 is 0 Å². The Morgan fingerprint density at radius 3 is 2.65 bits per heavy atom. The molecule has 0 aliphatic heterocycles. The van der Waals surface area contributed by atoms with Crippen LogP contribution < -0.4 is 4.74 Å². The van der Waals surface area contributed by atoms with Gasteiger partial charge in [-0.15, -0.1) is 0 Å². The summed E-state index contributed by atoms with van der Waals surface area (Å²) in [7, 11) is 0. The van der Waals surface area contributed by atoms with Gasteiger partial charge in [-0.05, 0) is 55.7 Å². The third-order valence-corrected chi connectivity index (χ3v) is 3.17. The van der Waals surface area contributed by atoms with Crippen molar-refractivity contribution in [2.75, 3.05) is 0 Å². The Hall–Kier alpha value is -2.16. The molecule has 0 aliphatic carbocycles. The van der Waals surface area contributed by atoms with Crippen LogP contribution in [0.5, 0.6) is 11.5 Å². The molecular formula is C17H17FO2. The monoisotopic (exact) mass is 272 g/mol. The van der Waals surface area contributed by atoms with E-state index in [4.69, 9.17) is 4.74 Å². The summed E-state index contributed by atoms with van der Waals surface area (Å²) in [4.78, 5) is 11.6. The van der Waals surface area contributed by atoms with E-state index in [1.165, 1.54) is 13.0 Å². The molecule has 0 fully saturated rings. The smallest absolute Gasteiger partial charge is 0.163 e. The molecule has 0 unspecified atom stereocenters. The molecule has 0 saturated heterocycles. The van der Waals surface area contributed by atoms with Gasteiger partial charge in [0.25, 0.3) is 0 Å². The molecule has 0 spiro atoms. The molecular weight excluding hydrogens is 255 g/mol. The number of rotatable bonds is 4. The molecule has 104 valence electrons. The number of halogens is 1. The Balaban J connectivity index is 2.41. The van der Waals surface area contributed by atoms with Gasteiger partial charge >= 0.3 is 0 Å². The van der Waals surface area contributed by atoms with Crippen molar-refractivity contribution < 1.29 is 13.9 Å². The van der Waals surface area contributed by atoms with Crippen LogP contribution in [0.15, 0.2) is 36.4 Å². The highest BCUT2D eigenvalue weighted by Gasteiger charge is 2.13. The Morgan fingerprint density at radius 2 is 2.00 bits per heavy atom. The topological polar surface area (TPSA) is 26.3 Å². The Bertz CT molecular complexity index is 647. The fourth-order valence-corrected chi connectivity index (χ4v) is 1.97. The highest BCUT2D eigenvalue weighted by Crippen LogP contribution is 2.29. The number of aryl methyl sites for hydroxylation is 2. The average Bonchev–Trinajstić information content (AvgIpc) is 2.42. The molecule has 2 aromatic rings. The lowest BCUT2D eigenvalue weighted by molar-refractivity contribution is 0.101. The predicted molar refractivity (Wildman–Crippen MR) is 77.0 cm³/mol. The average molecular weight is 272 g/mol. The van der Waals surface area contributed by atoms with Gasteiger partial charge in [0.05, 0.1) is 5.56 Å². The van der Waals surface area contributed by atoms with Crippen LogP contribution in [0.2, 0.25) is 0 Å². The van der Waals surface area contributed by atoms with E-state index in [0.29, 0.717) is 17.1 Å². The number of carbonyl (C=O) groups is 1. The maximum atomic E-state index is 13.6. The summed E-state index contributed by atoms with van der Waals surface area (Å²) in [5.41, 5.74) is 1.86. The number of ketones is 1. The van der Waals surface area contributed by atoms with E-state index in [9.17, 15) is 9.18 Å². The van der Waals surface area contributed by atoms with Crippen molar-refractivity contribution in [2.24, 2.45) is 0 Å². The number of hydrogen-bond donors (Lipinski definition) is 0. The minimum absolute atomic E-state index is 0.217. The lowest BCUT2D eigenvalue weighted by atomic mass is 10.1. The van der Waals surface area contributed by atoms with E-state index in [2.05, 4.69) is 6.92 Å². The molecule has 0 saturated carbocycles. The summed E-state index contributed by atoms with van der Waals surface area (Å²) in [6.07, 6.45) is 0.902. The summed E-state index contributed by atoms with van der Waals surface area (Å²) in [6.45, 7) is 5.11. The lowest BCUT2D eigenvalue weighted by Gasteiger charge is -2.12. The molecule has 2 rings (SSSR count). The quantitative estimate of drug-likeness (QED) is 0.755. The van der Waals surface area contributed by atoms with Gasteiger partial charge in [0, 0.05) is 0 Å². The highest BCUT2D eigenvalue weighted by molar-refractivity contribution is 5.97. The van der Waals surface area contributed by atoms with Crippen LogP contribution in [-0.4, -0.2) is 5.78 Å². The van der Waals surface area contributed by atoms with Crippen molar-refractivity contribution in [1.29, 1.82) is 0 Å². The highest BCUT2D eigenvalue weighted by atomic mass is 19.1. The van der Waals surface area contributed by atoms with E-state index < -0.39 is 5.82 Å². The first kappa shape index (κ1) is 14.3. The van der Waals surface area contributed by atoms with Crippen molar-refractivity contribution >= 4 is 5.78 Å². The van der Waals surface area contributed by atoms with Gasteiger partial charge in [-0.1, -0.05) is 19.1 Å². The Kier molecular flexibility index (Phi) is 4.18. The molecule has 20 heavy (non-hydrogen) atoms. The zero-order chi connectivity index (χ0) is 14.7. The molecule has 0 aromatic heterocycles. The molecule has 0 aliphatic rings. The van der Waals surface area contributed by atoms with Gasteiger partial charge in [-0.3, -0.25) is 4.79 Å². The minimum Gasteiger partial charge on any atom is -0.457 e. The summed E-state index contributed by atoms with van der Waals surface area (Å²) in [6, 6.07) is 10.4. The van der Waals surface area contributed by atoms with Crippen LogP contribution in [0.1, 0.15) is 35.3 Å². The second-order valence-electron chi connectivity index (χ2n) is 4.76. The Morgan fingerprint density at radius 1 is 1.25 bits per heavy atom. The second-order valence-corrected chi connectivity index (χ2v) is 4.76. The van der Waals surface area contributed by atoms with Crippen molar-refractivity contribution in [2.45, 2.75) is 27.2 Å². The zero-order valence-corrected chi connectivity index (χ0v) is 11.9. The third-order valence-electron chi connectivity index (χ3n) is 3.17. The summed E-state index contributed by atoms with van der Waals surface area (Å²) < 4.78 is 19.3. The van der Waals surface area contributed by atoms with Gasteiger partial charge in [-0.2, -0.15) is 0 Å². The van der Waals surface area contributed by atoms with E-state index in [1.54, 1.807) is 13.0 Å². The first-order valence-electron chi connectivity index (χ1n) is 6.59. The number of ether oxygens (including phenoxy) is 1. The predicted octanol–water partition coefficient (Wildman–Crippen LogP) is 4.69. The SMILES string of the molecule is CCc1cccc(Oc2cc(C)c(F)cc2C(C)=O)c1. The van der Waals surface area contributed by atoms with Crippen LogP contribution in [0.25, 0.3) is 0 Å². The molecule has 0 bridgehead atoms. The van der Waals surface area contributed by atoms with Crippen molar-refractivity contribution in [1.82, 2.24) is 0 Å². The molecule has 0 atom stereocenters. The molecule has 0 N–H and O–H groups in total.